The van der Waals surface area contributed by atoms with Gasteiger partial charge in [0.2, 0.25) is 0 Å². The van der Waals surface area contributed by atoms with Crippen molar-refractivity contribution >= 4 is 32.8 Å². The fourth-order valence-corrected chi connectivity index (χ4v) is 2.47. The van der Waals surface area contributed by atoms with E-state index in [4.69, 9.17) is 9.47 Å². The third-order valence-corrected chi connectivity index (χ3v) is 3.53. The summed E-state index contributed by atoms with van der Waals surface area (Å²) in [5, 5.41) is 1.09. The normalized spacial score (nSPS) is 12.4. The number of carbonyl (C=O) groups is 1. The van der Waals surface area contributed by atoms with Crippen LogP contribution in [0.4, 0.5) is 0 Å². The van der Waals surface area contributed by atoms with Crippen molar-refractivity contribution in [3.63, 3.8) is 0 Å². The van der Waals surface area contributed by atoms with E-state index in [-0.39, 0.29) is 10.8 Å². The van der Waals surface area contributed by atoms with E-state index in [1.165, 1.54) is 7.11 Å². The van der Waals surface area contributed by atoms with Gasteiger partial charge in [0.1, 0.15) is 10.6 Å². The minimum Gasteiger partial charge on any atom is -0.494 e. The van der Waals surface area contributed by atoms with Gasteiger partial charge in [0.05, 0.1) is 13.7 Å². The van der Waals surface area contributed by atoms with E-state index in [1.54, 1.807) is 0 Å². The van der Waals surface area contributed by atoms with Crippen LogP contribution < -0.4 is 4.74 Å². The Hall–Kier alpha value is -1.49. The number of fused-ring (bicyclic) bond motifs is 1. The van der Waals surface area contributed by atoms with Crippen molar-refractivity contribution in [1.29, 1.82) is 0 Å². The summed E-state index contributed by atoms with van der Waals surface area (Å²) in [5.41, 5.74) is 1.07. The molecule has 1 heterocycles. The molecule has 1 atom stereocenters. The average Bonchev–Trinajstić information content (AvgIpc) is 2.80. The first-order valence-corrected chi connectivity index (χ1v) is 7.01. The smallest absolute Gasteiger partial charge is 0.321 e. The Labute approximate surface area is 120 Å². The Bertz CT molecular complexity index is 579. The third-order valence-electron chi connectivity index (χ3n) is 2.87. The highest BCUT2D eigenvalue weighted by atomic mass is 79.9. The van der Waals surface area contributed by atoms with E-state index in [0.717, 1.165) is 16.7 Å². The molecule has 0 aliphatic heterocycles. The van der Waals surface area contributed by atoms with Crippen LogP contribution in [0.25, 0.3) is 10.9 Å². The van der Waals surface area contributed by atoms with E-state index in [9.17, 15) is 4.79 Å². The zero-order valence-electron chi connectivity index (χ0n) is 10.9. The number of nitrogens with zero attached hydrogens (tertiary/aromatic N) is 1. The Balaban J connectivity index is 2.23. The maximum absolute atomic E-state index is 11.4. The molecule has 0 fully saturated rings. The van der Waals surface area contributed by atoms with E-state index in [0.29, 0.717) is 13.2 Å². The highest BCUT2D eigenvalue weighted by Gasteiger charge is 2.16. The minimum atomic E-state index is -0.348. The summed E-state index contributed by atoms with van der Waals surface area (Å²) < 4.78 is 12.2. The zero-order chi connectivity index (χ0) is 13.8. The minimum absolute atomic E-state index is 0.271. The number of methoxy groups -OCH3 is 1. The van der Waals surface area contributed by atoms with Gasteiger partial charge in [-0.3, -0.25) is 4.79 Å². The van der Waals surface area contributed by atoms with Crippen LogP contribution in [0.1, 0.15) is 6.92 Å². The van der Waals surface area contributed by atoms with Gasteiger partial charge in [-0.2, -0.15) is 0 Å². The molecule has 0 radical (unpaired) electrons. The summed E-state index contributed by atoms with van der Waals surface area (Å²) in [7, 11) is 1.39. The maximum Gasteiger partial charge on any atom is 0.321 e. The molecule has 0 N–H and O–H groups in total. The van der Waals surface area contributed by atoms with Crippen LogP contribution in [-0.2, 0) is 16.1 Å². The number of carbonyl (C=O) groups excluding carboxylic acids is 1. The second-order valence-electron chi connectivity index (χ2n) is 4.11. The molecule has 0 aliphatic rings. The fraction of sp³-hybridized carbons (Fsp3) is 0.357. The van der Waals surface area contributed by atoms with Crippen molar-refractivity contribution in [3.05, 3.63) is 30.5 Å². The Morgan fingerprint density at radius 2 is 2.21 bits per heavy atom. The molecule has 1 unspecified atom stereocenters. The van der Waals surface area contributed by atoms with Crippen LogP contribution in [0.3, 0.4) is 0 Å². The summed E-state index contributed by atoms with van der Waals surface area (Å²) in [6.45, 7) is 3.14. The highest BCUT2D eigenvalue weighted by molar-refractivity contribution is 9.10. The molecular formula is C14H16BrNO3. The quantitative estimate of drug-likeness (QED) is 0.626. The van der Waals surface area contributed by atoms with E-state index in [1.807, 2.05) is 42.0 Å². The van der Waals surface area contributed by atoms with E-state index in [2.05, 4.69) is 15.9 Å². The van der Waals surface area contributed by atoms with Crippen molar-refractivity contribution < 1.29 is 14.3 Å². The van der Waals surface area contributed by atoms with Crippen LogP contribution >= 0.6 is 15.9 Å². The van der Waals surface area contributed by atoms with Crippen molar-refractivity contribution in [2.24, 2.45) is 0 Å². The molecule has 1 aromatic heterocycles. The lowest BCUT2D eigenvalue weighted by Crippen LogP contribution is -2.21. The molecular weight excluding hydrogens is 310 g/mol. The van der Waals surface area contributed by atoms with Crippen molar-refractivity contribution in [1.82, 2.24) is 4.57 Å². The van der Waals surface area contributed by atoms with Gasteiger partial charge in [0.15, 0.2) is 0 Å². The Morgan fingerprint density at radius 3 is 2.89 bits per heavy atom. The average molecular weight is 326 g/mol. The summed E-state index contributed by atoms with van der Waals surface area (Å²) in [5.74, 6) is 0.587. The van der Waals surface area contributed by atoms with Crippen LogP contribution in [0.5, 0.6) is 5.75 Å². The molecule has 0 aliphatic carbocycles. The maximum atomic E-state index is 11.4. The number of alkyl halides is 1. The van der Waals surface area contributed by atoms with Gasteiger partial charge in [-0.05, 0) is 31.2 Å². The summed E-state index contributed by atoms with van der Waals surface area (Å²) in [4.78, 5) is 11.1. The Morgan fingerprint density at radius 1 is 1.42 bits per heavy atom. The Kier molecular flexibility index (Phi) is 4.47. The first kappa shape index (κ1) is 13.9. The molecule has 0 saturated heterocycles. The number of aromatic nitrogens is 1. The fourth-order valence-electron chi connectivity index (χ4n) is 1.97. The van der Waals surface area contributed by atoms with Gasteiger partial charge in [-0.15, -0.1) is 0 Å². The molecule has 2 aromatic rings. The zero-order valence-corrected chi connectivity index (χ0v) is 12.5. The van der Waals surface area contributed by atoms with Crippen LogP contribution in [0.2, 0.25) is 0 Å². The standard InChI is InChI=1S/C14H16BrNO3/c1-3-19-11-4-5-13-10(8-11)6-7-16(13)9-12(15)14(17)18-2/h4-8,12H,3,9H2,1-2H3. The van der Waals surface area contributed by atoms with E-state index >= 15 is 0 Å². The van der Waals surface area contributed by atoms with Crippen LogP contribution in [0.15, 0.2) is 30.5 Å². The molecule has 1 aromatic carbocycles. The van der Waals surface area contributed by atoms with Gasteiger partial charge >= 0.3 is 5.97 Å². The molecule has 0 spiro atoms. The second-order valence-corrected chi connectivity index (χ2v) is 5.22. The first-order chi connectivity index (χ1) is 9.15. The van der Waals surface area contributed by atoms with Crippen LogP contribution in [0, 0.1) is 0 Å². The molecule has 2 rings (SSSR count). The number of hydrogen-bond acceptors (Lipinski definition) is 3. The lowest BCUT2D eigenvalue weighted by atomic mass is 10.2. The number of benzene rings is 1. The molecule has 0 amide bonds. The van der Waals surface area contributed by atoms with Crippen molar-refractivity contribution in [2.45, 2.75) is 18.3 Å². The predicted molar refractivity (Wildman–Crippen MR) is 77.8 cm³/mol. The SMILES string of the molecule is CCOc1ccc2c(ccn2CC(Br)C(=O)OC)c1. The number of ether oxygens (including phenoxy) is 2. The summed E-state index contributed by atoms with van der Waals surface area (Å²) in [6.07, 6.45) is 1.96. The number of halogens is 1. The van der Waals surface area contributed by atoms with Gasteiger partial charge in [0, 0.05) is 23.6 Å². The third kappa shape index (κ3) is 3.10. The molecule has 102 valence electrons. The lowest BCUT2D eigenvalue weighted by Gasteiger charge is -2.10. The van der Waals surface area contributed by atoms with Gasteiger partial charge in [-0.25, -0.2) is 0 Å². The summed E-state index contributed by atoms with van der Waals surface area (Å²) in [6, 6.07) is 7.94. The topological polar surface area (TPSA) is 40.5 Å². The largest absolute Gasteiger partial charge is 0.494 e. The highest BCUT2D eigenvalue weighted by Crippen LogP contribution is 2.23. The number of esters is 1. The second kappa shape index (κ2) is 6.10. The molecule has 0 saturated carbocycles. The first-order valence-electron chi connectivity index (χ1n) is 6.09. The number of hydrogen-bond donors (Lipinski definition) is 0. The van der Waals surface area contributed by atoms with Gasteiger partial charge < -0.3 is 14.0 Å². The van der Waals surface area contributed by atoms with E-state index < -0.39 is 0 Å². The van der Waals surface area contributed by atoms with Gasteiger partial charge in [-0.1, -0.05) is 15.9 Å². The van der Waals surface area contributed by atoms with Crippen molar-refractivity contribution in [2.75, 3.05) is 13.7 Å². The summed E-state index contributed by atoms with van der Waals surface area (Å²) >= 11 is 3.33. The molecule has 0 bridgehead atoms. The predicted octanol–water partition coefficient (Wildman–Crippen LogP) is 2.98. The monoisotopic (exact) mass is 325 g/mol. The molecule has 4 nitrogen and oxygen atoms in total. The van der Waals surface area contributed by atoms with Crippen molar-refractivity contribution in [3.8, 4) is 5.75 Å². The van der Waals surface area contributed by atoms with Crippen LogP contribution in [-0.4, -0.2) is 29.1 Å². The lowest BCUT2D eigenvalue weighted by molar-refractivity contribution is -0.140. The van der Waals surface area contributed by atoms with Gasteiger partial charge in [0.25, 0.3) is 0 Å². The molecule has 5 heteroatoms. The number of rotatable bonds is 5. The molecule has 19 heavy (non-hydrogen) atoms.